The van der Waals surface area contributed by atoms with Gasteiger partial charge in [0, 0.05) is 12.8 Å². The van der Waals surface area contributed by atoms with Crippen molar-refractivity contribution < 1.29 is 52.3 Å². The van der Waals surface area contributed by atoms with Crippen LogP contribution in [0.25, 0.3) is 0 Å². The Morgan fingerprint density at radius 2 is 1.16 bits per heavy atom. The van der Waals surface area contributed by atoms with E-state index in [1.165, 1.54) is 38.5 Å². The summed E-state index contributed by atoms with van der Waals surface area (Å²) in [5.41, 5.74) is 0. The number of phosphoric ester groups is 1. The third-order valence-corrected chi connectivity index (χ3v) is 10.2. The molecule has 0 aromatic carbocycles. The van der Waals surface area contributed by atoms with Gasteiger partial charge in [-0.2, -0.15) is 0 Å². The van der Waals surface area contributed by atoms with Crippen LogP contribution < -0.4 is 4.89 Å². The molecule has 0 spiro atoms. The quantitative estimate of drug-likeness (QED) is 0.0153. The van der Waals surface area contributed by atoms with Crippen molar-refractivity contribution in [3.8, 4) is 0 Å². The molecule has 58 heavy (non-hydrogen) atoms. The molecule has 0 radical (unpaired) electrons. The average Bonchev–Trinajstić information content (AvgIpc) is 3.16. The number of nitrogens with zero attached hydrogens (tertiary/aromatic N) is 1. The van der Waals surface area contributed by atoms with E-state index in [2.05, 4.69) is 26.0 Å². The van der Waals surface area contributed by atoms with Gasteiger partial charge >= 0.3 is 11.9 Å². The second kappa shape index (κ2) is 37.6. The predicted molar refractivity (Wildman–Crippen MR) is 234 cm³/mol. The number of carbonyl (C=O) groups excluding carboxylic acids is 2. The highest BCUT2D eigenvalue weighted by molar-refractivity contribution is 7.45. The first kappa shape index (κ1) is 55.6. The molecule has 0 aromatic rings. The number of rotatable bonds is 39. The maximum Gasteiger partial charge on any atom is 0.306 e. The zero-order valence-electron chi connectivity index (χ0n) is 36.9. The lowest BCUT2D eigenvalue weighted by Crippen LogP contribution is -2.37. The molecule has 0 bridgehead atoms. The summed E-state index contributed by atoms with van der Waals surface area (Å²) in [7, 11) is 1.02. The van der Waals surface area contributed by atoms with Gasteiger partial charge in [0.2, 0.25) is 0 Å². The van der Waals surface area contributed by atoms with E-state index >= 15 is 0 Å². The van der Waals surface area contributed by atoms with Gasteiger partial charge in [0.15, 0.2) is 6.10 Å². The van der Waals surface area contributed by atoms with Crippen molar-refractivity contribution >= 4 is 19.8 Å². The molecule has 0 saturated heterocycles. The van der Waals surface area contributed by atoms with Crippen molar-refractivity contribution in [2.24, 2.45) is 0 Å². The number of unbranched alkanes of at least 4 members (excludes halogenated alkanes) is 13. The Morgan fingerprint density at radius 3 is 1.74 bits per heavy atom. The molecule has 11 nitrogen and oxygen atoms in total. The number of aliphatic hydroxyl groups excluding tert-OH is 2. The highest BCUT2D eigenvalue weighted by Gasteiger charge is 2.22. The zero-order valence-corrected chi connectivity index (χ0v) is 37.8. The van der Waals surface area contributed by atoms with E-state index in [9.17, 15) is 29.3 Å². The van der Waals surface area contributed by atoms with E-state index in [1.807, 2.05) is 51.5 Å². The van der Waals surface area contributed by atoms with Gasteiger partial charge in [0.05, 0.1) is 40.0 Å². The normalized spacial score (nSPS) is 15.2. The Balaban J connectivity index is 4.61. The Morgan fingerprint density at radius 1 is 0.638 bits per heavy atom. The van der Waals surface area contributed by atoms with Crippen LogP contribution in [0.5, 0.6) is 0 Å². The monoisotopic (exact) mass is 840 g/mol. The Kier molecular flexibility index (Phi) is 36.1. The topological polar surface area (TPSA) is 152 Å². The van der Waals surface area contributed by atoms with E-state index < -0.39 is 44.7 Å². The van der Waals surface area contributed by atoms with Crippen LogP contribution in [0.4, 0.5) is 0 Å². The molecule has 0 fully saturated rings. The van der Waals surface area contributed by atoms with Crippen LogP contribution in [-0.4, -0.2) is 92.5 Å². The molecular formula is C46H82NO10P. The van der Waals surface area contributed by atoms with Crippen LogP contribution in [0.2, 0.25) is 0 Å². The van der Waals surface area contributed by atoms with Crippen LogP contribution >= 0.6 is 7.82 Å². The smallest absolute Gasteiger partial charge is 0.306 e. The van der Waals surface area contributed by atoms with E-state index in [0.717, 1.165) is 64.2 Å². The molecule has 2 N–H and O–H groups in total. The summed E-state index contributed by atoms with van der Waals surface area (Å²) >= 11 is 0. The highest BCUT2D eigenvalue weighted by Crippen LogP contribution is 2.38. The third-order valence-electron chi connectivity index (χ3n) is 9.22. The summed E-state index contributed by atoms with van der Waals surface area (Å²) in [6, 6.07) is 0. The van der Waals surface area contributed by atoms with Gasteiger partial charge in [0.1, 0.15) is 19.8 Å². The molecule has 0 aliphatic heterocycles. The molecular weight excluding hydrogens is 757 g/mol. The fraction of sp³-hybridized carbons (Fsp3) is 0.739. The average molecular weight is 840 g/mol. The predicted octanol–water partition coefficient (Wildman–Crippen LogP) is 9.77. The van der Waals surface area contributed by atoms with Crippen molar-refractivity contribution in [1.29, 1.82) is 0 Å². The highest BCUT2D eigenvalue weighted by atomic mass is 31.2. The van der Waals surface area contributed by atoms with Crippen LogP contribution in [0.1, 0.15) is 155 Å². The number of hydrogen-bond donors (Lipinski definition) is 2. The summed E-state index contributed by atoms with van der Waals surface area (Å²) in [5, 5.41) is 20.2. The number of allylic oxidation sites excluding steroid dienone is 8. The fourth-order valence-corrected chi connectivity index (χ4v) is 6.36. The minimum atomic E-state index is -4.68. The summed E-state index contributed by atoms with van der Waals surface area (Å²) in [6.07, 6.45) is 37.5. The minimum Gasteiger partial charge on any atom is -0.756 e. The summed E-state index contributed by atoms with van der Waals surface area (Å²) < 4.78 is 33.7. The first-order chi connectivity index (χ1) is 27.8. The van der Waals surface area contributed by atoms with E-state index in [1.54, 1.807) is 18.2 Å². The van der Waals surface area contributed by atoms with Crippen molar-refractivity contribution in [2.45, 2.75) is 173 Å². The Labute approximate surface area is 352 Å². The largest absolute Gasteiger partial charge is 0.756 e. The number of phosphoric acid groups is 1. The van der Waals surface area contributed by atoms with E-state index in [4.69, 9.17) is 18.5 Å². The van der Waals surface area contributed by atoms with Crippen molar-refractivity contribution in [2.75, 3.05) is 47.5 Å². The molecule has 0 aliphatic carbocycles. The van der Waals surface area contributed by atoms with Crippen LogP contribution in [0, 0.1) is 0 Å². The molecule has 12 heteroatoms. The molecule has 0 amide bonds. The van der Waals surface area contributed by atoms with Crippen LogP contribution in [0.15, 0.2) is 60.8 Å². The number of carbonyl (C=O) groups is 2. The van der Waals surface area contributed by atoms with Crippen LogP contribution in [-0.2, 0) is 32.7 Å². The number of quaternary nitrogens is 1. The van der Waals surface area contributed by atoms with Crippen molar-refractivity contribution in [3.63, 3.8) is 0 Å². The van der Waals surface area contributed by atoms with E-state index in [-0.39, 0.29) is 26.1 Å². The lowest BCUT2D eigenvalue weighted by Gasteiger charge is -2.28. The molecule has 0 rings (SSSR count). The molecule has 1 unspecified atom stereocenters. The standard InChI is InChI=1S/C46H82NO10P/c1-6-8-10-11-12-13-14-15-16-17-18-19-23-26-30-36-46(51)57-44(41-56-58(52,53)55-39-38-47(3,4)5)40-54-45(50)37-31-35-43(49)34-29-25-22-20-21-24-28-33-42(48)32-27-9-7-2/h15-16,21-22,24-25,28-29,33-34,42-44,48-49H,6-14,17-20,23,26-27,30-32,35-41H2,1-5H3/b16-15-,24-21-,25-22-,33-28+,34-29+/t42-,43-,44+/m0/s1. The van der Waals surface area contributed by atoms with Crippen LogP contribution in [0.3, 0.4) is 0 Å². The number of likely N-dealkylation sites (N-methyl/N-ethyl adjacent to an activating group) is 1. The van der Waals surface area contributed by atoms with Gasteiger partial charge in [0.25, 0.3) is 7.82 Å². The molecule has 0 aromatic heterocycles. The van der Waals surface area contributed by atoms with Gasteiger partial charge in [-0.25, -0.2) is 0 Å². The SMILES string of the molecule is CCCCCCCC/C=C\CCCCCCCC(=O)O[C@H](COC(=O)CCC[C@@H](O)/C=C/C=C\C/C=C\C=C\[C@@H](O)CCCCC)COP(=O)([O-])OCC[N+](C)(C)C. The molecule has 0 heterocycles. The van der Waals surface area contributed by atoms with Crippen molar-refractivity contribution in [3.05, 3.63) is 60.8 Å². The minimum absolute atomic E-state index is 0.0248. The summed E-state index contributed by atoms with van der Waals surface area (Å²) in [4.78, 5) is 37.5. The van der Waals surface area contributed by atoms with Gasteiger partial charge in [-0.1, -0.05) is 145 Å². The second-order valence-corrected chi connectivity index (χ2v) is 17.5. The molecule has 4 atom stereocenters. The molecule has 0 aliphatic rings. The fourth-order valence-electron chi connectivity index (χ4n) is 5.63. The van der Waals surface area contributed by atoms with E-state index in [0.29, 0.717) is 36.7 Å². The second-order valence-electron chi connectivity index (χ2n) is 16.1. The van der Waals surface area contributed by atoms with Gasteiger partial charge in [-0.15, -0.1) is 0 Å². The van der Waals surface area contributed by atoms with Gasteiger partial charge < -0.3 is 38.1 Å². The number of ether oxygens (including phenoxy) is 2. The van der Waals surface area contributed by atoms with Crippen molar-refractivity contribution in [1.82, 2.24) is 0 Å². The van der Waals surface area contributed by atoms with Gasteiger partial charge in [-0.05, 0) is 57.8 Å². The number of aliphatic hydroxyl groups is 2. The summed E-state index contributed by atoms with van der Waals surface area (Å²) in [5.74, 6) is -1.08. The Bertz CT molecular complexity index is 1210. The Hall–Kier alpha value is -2.37. The molecule has 0 saturated carbocycles. The number of hydrogen-bond acceptors (Lipinski definition) is 10. The zero-order chi connectivity index (χ0) is 43.2. The lowest BCUT2D eigenvalue weighted by molar-refractivity contribution is -0.870. The first-order valence-electron chi connectivity index (χ1n) is 22.2. The first-order valence-corrected chi connectivity index (χ1v) is 23.7. The molecule has 336 valence electrons. The lowest BCUT2D eigenvalue weighted by atomic mass is 10.1. The van der Waals surface area contributed by atoms with Gasteiger partial charge in [-0.3, -0.25) is 14.2 Å². The number of esters is 2. The summed E-state index contributed by atoms with van der Waals surface area (Å²) in [6.45, 7) is 3.83. The maximum atomic E-state index is 12.7. The third kappa shape index (κ3) is 40.4. The maximum absolute atomic E-state index is 12.7.